The molecule has 11 aromatic rings. The number of rotatable bonds is 4. The van der Waals surface area contributed by atoms with Gasteiger partial charge in [0, 0.05) is 32.3 Å². The Kier molecular flexibility index (Phi) is 5.96. The van der Waals surface area contributed by atoms with Crippen LogP contribution >= 0.6 is 0 Å². The zero-order valence-corrected chi connectivity index (χ0v) is 27.5. The topological polar surface area (TPSA) is 31.2 Å². The van der Waals surface area contributed by atoms with Crippen molar-refractivity contribution in [2.75, 3.05) is 0 Å². The molecule has 11 rings (SSSR count). The number of hydrogen-bond acceptors (Lipinski definition) is 2. The fourth-order valence-corrected chi connectivity index (χ4v) is 8.05. The molecule has 0 radical (unpaired) electrons. The summed E-state index contributed by atoms with van der Waals surface area (Å²) < 4.78 is 15.4. The first kappa shape index (κ1) is 28.0. The van der Waals surface area contributed by atoms with Gasteiger partial charge in [-0.15, -0.1) is 0 Å². The van der Waals surface area contributed by atoms with Crippen LogP contribution in [-0.2, 0) is 0 Å². The van der Waals surface area contributed by atoms with Crippen molar-refractivity contribution in [1.82, 2.24) is 4.57 Å². The van der Waals surface area contributed by atoms with E-state index in [0.29, 0.717) is 0 Å². The van der Waals surface area contributed by atoms with E-state index in [2.05, 4.69) is 168 Å². The summed E-state index contributed by atoms with van der Waals surface area (Å²) in [7, 11) is 0. The van der Waals surface area contributed by atoms with Crippen molar-refractivity contribution in [3.05, 3.63) is 176 Å². The maximum Gasteiger partial charge on any atom is 0.159 e. The Balaban J connectivity index is 1.16. The van der Waals surface area contributed by atoms with Crippen LogP contribution in [0.25, 0.3) is 105 Å². The molecule has 0 N–H and O–H groups in total. The third-order valence-electron chi connectivity index (χ3n) is 10.4. The van der Waals surface area contributed by atoms with Gasteiger partial charge in [0.25, 0.3) is 0 Å². The van der Waals surface area contributed by atoms with Gasteiger partial charge in [-0.2, -0.15) is 0 Å². The lowest BCUT2D eigenvalue weighted by Gasteiger charge is -2.10. The molecule has 0 spiro atoms. The van der Waals surface area contributed by atoms with Gasteiger partial charge in [0.1, 0.15) is 16.7 Å². The molecule has 3 aromatic heterocycles. The van der Waals surface area contributed by atoms with Crippen molar-refractivity contribution in [2.45, 2.75) is 0 Å². The lowest BCUT2D eigenvalue weighted by atomic mass is 9.98. The number of para-hydroxylation sites is 2. The summed E-state index contributed by atoms with van der Waals surface area (Å²) in [5, 5.41) is 6.85. The Labute approximate surface area is 293 Å². The number of aromatic nitrogens is 1. The van der Waals surface area contributed by atoms with E-state index < -0.39 is 0 Å². The van der Waals surface area contributed by atoms with E-state index in [-0.39, 0.29) is 0 Å². The quantitative estimate of drug-likeness (QED) is 0.190. The molecule has 0 amide bonds. The molecule has 0 aliphatic heterocycles. The highest BCUT2D eigenvalue weighted by Crippen LogP contribution is 2.43. The van der Waals surface area contributed by atoms with Crippen LogP contribution in [0.1, 0.15) is 0 Å². The molecule has 8 aromatic carbocycles. The van der Waals surface area contributed by atoms with E-state index >= 15 is 0 Å². The number of hydrogen-bond donors (Lipinski definition) is 0. The average Bonchev–Trinajstić information content (AvgIpc) is 3.87. The molecular formula is C48H29NO2. The van der Waals surface area contributed by atoms with Crippen molar-refractivity contribution in [3.8, 4) is 39.1 Å². The highest BCUT2D eigenvalue weighted by Gasteiger charge is 2.21. The molecule has 0 unspecified atom stereocenters. The predicted octanol–water partition coefficient (Wildman–Crippen LogP) is 13.6. The molecule has 0 bridgehead atoms. The molecule has 0 aliphatic carbocycles. The van der Waals surface area contributed by atoms with Gasteiger partial charge < -0.3 is 13.4 Å². The first-order valence-electron chi connectivity index (χ1n) is 17.3. The second kappa shape index (κ2) is 10.8. The second-order valence-corrected chi connectivity index (χ2v) is 13.3. The van der Waals surface area contributed by atoms with Crippen LogP contribution in [0.4, 0.5) is 0 Å². The van der Waals surface area contributed by atoms with Gasteiger partial charge in [0.05, 0.1) is 16.7 Å². The minimum atomic E-state index is 0.866. The zero-order chi connectivity index (χ0) is 33.5. The van der Waals surface area contributed by atoms with Crippen LogP contribution in [-0.4, -0.2) is 4.57 Å². The first-order chi connectivity index (χ1) is 25.3. The summed E-state index contributed by atoms with van der Waals surface area (Å²) in [6.07, 6.45) is 0. The maximum atomic E-state index is 6.86. The van der Waals surface area contributed by atoms with E-state index in [4.69, 9.17) is 8.83 Å². The summed E-state index contributed by atoms with van der Waals surface area (Å²) in [5.41, 5.74) is 13.9. The SMILES string of the molecule is c1ccc(-c2ccc3c(c2)c2cc(-c4ccccc4)ccc2n3-c2cccc3c2oc2cccc(-c4ccc5oc6ccccc6c5c4)c23)cc1. The highest BCUT2D eigenvalue weighted by molar-refractivity contribution is 6.17. The smallest absolute Gasteiger partial charge is 0.159 e. The van der Waals surface area contributed by atoms with Crippen LogP contribution < -0.4 is 0 Å². The number of furan rings is 2. The van der Waals surface area contributed by atoms with Gasteiger partial charge in [-0.1, -0.05) is 121 Å². The third kappa shape index (κ3) is 4.25. The zero-order valence-electron chi connectivity index (χ0n) is 27.5. The maximum absolute atomic E-state index is 6.86. The summed E-state index contributed by atoms with van der Waals surface area (Å²) >= 11 is 0. The van der Waals surface area contributed by atoms with Crippen LogP contribution in [0.5, 0.6) is 0 Å². The van der Waals surface area contributed by atoms with E-state index in [0.717, 1.165) is 71.7 Å². The Morgan fingerprint density at radius 1 is 0.333 bits per heavy atom. The first-order valence-corrected chi connectivity index (χ1v) is 17.3. The van der Waals surface area contributed by atoms with Gasteiger partial charge in [0.2, 0.25) is 0 Å². The van der Waals surface area contributed by atoms with Crippen LogP contribution in [0.3, 0.4) is 0 Å². The van der Waals surface area contributed by atoms with E-state index in [1.165, 1.54) is 33.0 Å². The molecule has 0 saturated carbocycles. The highest BCUT2D eigenvalue weighted by atomic mass is 16.3. The van der Waals surface area contributed by atoms with Crippen molar-refractivity contribution in [1.29, 1.82) is 0 Å². The second-order valence-electron chi connectivity index (χ2n) is 13.3. The van der Waals surface area contributed by atoms with Gasteiger partial charge >= 0.3 is 0 Å². The summed E-state index contributed by atoms with van der Waals surface area (Å²) in [5.74, 6) is 0. The Bertz CT molecular complexity index is 3030. The fourth-order valence-electron chi connectivity index (χ4n) is 8.05. The van der Waals surface area contributed by atoms with E-state index in [9.17, 15) is 0 Å². The Hall–Kier alpha value is -6.84. The van der Waals surface area contributed by atoms with Crippen molar-refractivity contribution in [2.24, 2.45) is 0 Å². The van der Waals surface area contributed by atoms with Crippen molar-refractivity contribution < 1.29 is 8.83 Å². The normalized spacial score (nSPS) is 11.9. The minimum absolute atomic E-state index is 0.866. The summed E-state index contributed by atoms with van der Waals surface area (Å²) in [4.78, 5) is 0. The summed E-state index contributed by atoms with van der Waals surface area (Å²) in [6.45, 7) is 0. The minimum Gasteiger partial charge on any atom is -0.456 e. The molecular weight excluding hydrogens is 623 g/mol. The molecule has 0 aliphatic rings. The third-order valence-corrected chi connectivity index (χ3v) is 10.4. The lowest BCUT2D eigenvalue weighted by molar-refractivity contribution is 0.666. The molecule has 3 nitrogen and oxygen atoms in total. The fraction of sp³-hybridized carbons (Fsp3) is 0. The van der Waals surface area contributed by atoms with Crippen LogP contribution in [0.15, 0.2) is 185 Å². The monoisotopic (exact) mass is 651 g/mol. The van der Waals surface area contributed by atoms with Crippen LogP contribution in [0.2, 0.25) is 0 Å². The molecule has 3 heterocycles. The molecule has 0 atom stereocenters. The Morgan fingerprint density at radius 2 is 0.902 bits per heavy atom. The van der Waals surface area contributed by atoms with Gasteiger partial charge in [-0.05, 0) is 88.0 Å². The number of nitrogens with zero attached hydrogens (tertiary/aromatic N) is 1. The average molecular weight is 652 g/mol. The molecule has 238 valence electrons. The van der Waals surface area contributed by atoms with Gasteiger partial charge in [0.15, 0.2) is 5.58 Å². The summed E-state index contributed by atoms with van der Waals surface area (Å²) in [6, 6.07) is 62.5. The van der Waals surface area contributed by atoms with Crippen molar-refractivity contribution >= 4 is 65.7 Å². The molecule has 51 heavy (non-hydrogen) atoms. The van der Waals surface area contributed by atoms with Gasteiger partial charge in [-0.25, -0.2) is 0 Å². The van der Waals surface area contributed by atoms with Crippen molar-refractivity contribution in [3.63, 3.8) is 0 Å². The number of fused-ring (bicyclic) bond motifs is 9. The lowest BCUT2D eigenvalue weighted by Crippen LogP contribution is -1.94. The Morgan fingerprint density at radius 3 is 1.63 bits per heavy atom. The largest absolute Gasteiger partial charge is 0.456 e. The molecule has 0 fully saturated rings. The van der Waals surface area contributed by atoms with E-state index in [1.54, 1.807) is 0 Å². The predicted molar refractivity (Wildman–Crippen MR) is 212 cm³/mol. The number of benzene rings is 8. The molecule has 3 heteroatoms. The van der Waals surface area contributed by atoms with Gasteiger partial charge in [-0.3, -0.25) is 0 Å². The van der Waals surface area contributed by atoms with Crippen LogP contribution in [0, 0.1) is 0 Å². The standard InChI is InChI=1S/C48H29NO2/c1-3-11-30(12-4-1)32-21-24-41-38(27-32)39-28-33(31-13-5-2-6-14-31)22-25-42(39)49(41)43-18-9-17-37-47-35(16-10-20-46(47)51-48(37)43)34-23-26-45-40(29-34)36-15-7-8-19-44(36)50-45/h1-29H. The van der Waals surface area contributed by atoms with E-state index in [1.807, 2.05) is 12.1 Å². The molecule has 0 saturated heterocycles.